The third-order valence-corrected chi connectivity index (χ3v) is 9.99. The van der Waals surface area contributed by atoms with E-state index in [1.54, 1.807) is 38.2 Å². The first-order valence-electron chi connectivity index (χ1n) is 16.1. The monoisotopic (exact) mass is 692 g/mol. The molecule has 0 spiro atoms. The van der Waals surface area contributed by atoms with Gasteiger partial charge in [-0.2, -0.15) is 4.31 Å². The number of urea groups is 1. The lowest BCUT2D eigenvalue weighted by Crippen LogP contribution is -2.57. The van der Waals surface area contributed by atoms with Crippen molar-refractivity contribution in [1.29, 1.82) is 0 Å². The molecule has 3 atom stereocenters. The molecule has 262 valence electrons. The standard InChI is InChI=1S/C35H44N6O7S/c1-24(2)20-39(49(47,48)29-15-13-27(14-16-29)19-37-46)22-31(42)30(18-26-10-6-5-7-11-26)38-34(44)33(25(3)4)41-23-32(43)40(35(41)45)21-28-12-8-9-17-36-28/h5-17,19,24-25,30-31,33,42,46H,18,20-23H2,1-4H3,(H,38,44)/t30-,31-,33-/m0/s1. The van der Waals surface area contributed by atoms with Crippen molar-refractivity contribution in [2.24, 2.45) is 17.0 Å². The fourth-order valence-corrected chi connectivity index (χ4v) is 7.39. The van der Waals surface area contributed by atoms with E-state index in [2.05, 4.69) is 15.5 Å². The number of amides is 4. The number of oxime groups is 1. The van der Waals surface area contributed by atoms with Gasteiger partial charge in [-0.1, -0.05) is 81.4 Å². The number of hydrogen-bond acceptors (Lipinski definition) is 9. The maximum Gasteiger partial charge on any atom is 0.328 e. The van der Waals surface area contributed by atoms with Crippen LogP contribution in [0, 0.1) is 11.8 Å². The second-order valence-electron chi connectivity index (χ2n) is 12.8. The zero-order chi connectivity index (χ0) is 35.7. The van der Waals surface area contributed by atoms with Crippen molar-refractivity contribution in [3.8, 4) is 0 Å². The Labute approximate surface area is 287 Å². The molecule has 0 saturated carbocycles. The van der Waals surface area contributed by atoms with Crippen molar-refractivity contribution in [1.82, 2.24) is 24.4 Å². The van der Waals surface area contributed by atoms with Gasteiger partial charge in [-0.05, 0) is 53.6 Å². The molecule has 0 aliphatic carbocycles. The number of sulfonamides is 1. The lowest BCUT2D eigenvalue weighted by molar-refractivity contribution is -0.129. The van der Waals surface area contributed by atoms with Gasteiger partial charge in [-0.25, -0.2) is 13.2 Å². The summed E-state index contributed by atoms with van der Waals surface area (Å²) in [6.07, 6.45) is 1.56. The summed E-state index contributed by atoms with van der Waals surface area (Å²) >= 11 is 0. The fraction of sp³-hybridized carbons (Fsp3) is 0.400. The Hall–Kier alpha value is -4.66. The summed E-state index contributed by atoms with van der Waals surface area (Å²) < 4.78 is 28.9. The Bertz CT molecular complexity index is 1700. The SMILES string of the molecule is CC(C)CN(C[C@H](O)[C@H](Cc1ccccc1)NC(=O)[C@H](C(C)C)N1CC(=O)N(Cc2ccccn2)C1=O)S(=O)(=O)c1ccc(C=NO)cc1. The molecular formula is C35H44N6O7S. The third kappa shape index (κ3) is 9.49. The summed E-state index contributed by atoms with van der Waals surface area (Å²) in [6.45, 7) is 6.68. The molecule has 2 heterocycles. The number of rotatable bonds is 16. The molecule has 1 aliphatic heterocycles. The van der Waals surface area contributed by atoms with Gasteiger partial charge in [0, 0.05) is 19.3 Å². The van der Waals surface area contributed by atoms with Gasteiger partial charge in [-0.15, -0.1) is 0 Å². The first-order chi connectivity index (χ1) is 23.3. The van der Waals surface area contributed by atoms with Crippen LogP contribution >= 0.6 is 0 Å². The number of aliphatic hydroxyl groups excluding tert-OH is 1. The van der Waals surface area contributed by atoms with Crippen molar-refractivity contribution >= 4 is 34.1 Å². The molecule has 49 heavy (non-hydrogen) atoms. The quantitative estimate of drug-likeness (QED) is 0.0889. The van der Waals surface area contributed by atoms with Gasteiger partial charge in [0.15, 0.2) is 0 Å². The predicted molar refractivity (Wildman–Crippen MR) is 183 cm³/mol. The van der Waals surface area contributed by atoms with Gasteiger partial charge < -0.3 is 20.5 Å². The van der Waals surface area contributed by atoms with Gasteiger partial charge in [-0.3, -0.25) is 19.5 Å². The van der Waals surface area contributed by atoms with E-state index >= 15 is 0 Å². The normalized spacial score (nSPS) is 15.8. The van der Waals surface area contributed by atoms with E-state index in [9.17, 15) is 27.9 Å². The number of nitrogens with zero attached hydrogens (tertiary/aromatic N) is 5. The highest BCUT2D eigenvalue weighted by atomic mass is 32.2. The number of imide groups is 1. The molecule has 14 heteroatoms. The largest absolute Gasteiger partial charge is 0.411 e. The molecule has 2 aromatic carbocycles. The van der Waals surface area contributed by atoms with Crippen molar-refractivity contribution in [2.45, 2.75) is 63.7 Å². The Balaban J connectivity index is 1.59. The van der Waals surface area contributed by atoms with Crippen molar-refractivity contribution in [3.05, 3.63) is 95.8 Å². The fourth-order valence-electron chi connectivity index (χ4n) is 5.77. The molecule has 1 aromatic heterocycles. The lowest BCUT2D eigenvalue weighted by Gasteiger charge is -2.34. The van der Waals surface area contributed by atoms with Crippen LogP contribution in [0.4, 0.5) is 4.79 Å². The summed E-state index contributed by atoms with van der Waals surface area (Å²) in [4.78, 5) is 47.0. The summed E-state index contributed by atoms with van der Waals surface area (Å²) in [5.74, 6) is -1.53. The van der Waals surface area contributed by atoms with E-state index < -0.39 is 52.0 Å². The maximum absolute atomic E-state index is 14.0. The Morgan fingerprint density at radius 3 is 2.27 bits per heavy atom. The van der Waals surface area contributed by atoms with Crippen molar-refractivity contribution in [3.63, 3.8) is 0 Å². The van der Waals surface area contributed by atoms with E-state index in [0.717, 1.165) is 10.5 Å². The van der Waals surface area contributed by atoms with E-state index in [-0.39, 0.29) is 43.4 Å². The number of pyridine rings is 1. The Kier molecular flexibility index (Phi) is 12.6. The molecular weight excluding hydrogens is 648 g/mol. The van der Waals surface area contributed by atoms with Crippen LogP contribution < -0.4 is 5.32 Å². The molecule has 13 nitrogen and oxygen atoms in total. The minimum atomic E-state index is -4.09. The molecule has 1 aliphatic rings. The highest BCUT2D eigenvalue weighted by Gasteiger charge is 2.44. The van der Waals surface area contributed by atoms with E-state index in [0.29, 0.717) is 11.3 Å². The average Bonchev–Trinajstić information content (AvgIpc) is 3.33. The Morgan fingerprint density at radius 1 is 1.00 bits per heavy atom. The highest BCUT2D eigenvalue weighted by Crippen LogP contribution is 2.23. The average molecular weight is 693 g/mol. The molecule has 1 fully saturated rings. The number of aliphatic hydroxyl groups is 1. The molecule has 0 bridgehead atoms. The van der Waals surface area contributed by atoms with E-state index in [1.807, 2.05) is 44.2 Å². The van der Waals surface area contributed by atoms with Crippen LogP contribution in [0.5, 0.6) is 0 Å². The van der Waals surface area contributed by atoms with Gasteiger partial charge in [0.2, 0.25) is 15.9 Å². The number of carbonyl (C=O) groups is 3. The van der Waals surface area contributed by atoms with Crippen LogP contribution in [0.25, 0.3) is 0 Å². The molecule has 0 unspecified atom stereocenters. The van der Waals surface area contributed by atoms with E-state index in [4.69, 9.17) is 5.21 Å². The first kappa shape index (κ1) is 37.2. The van der Waals surface area contributed by atoms with Gasteiger partial charge in [0.25, 0.3) is 5.91 Å². The number of aromatic nitrogens is 1. The number of hydrogen-bond donors (Lipinski definition) is 3. The predicted octanol–water partition coefficient (Wildman–Crippen LogP) is 3.11. The van der Waals surface area contributed by atoms with Crippen molar-refractivity contribution in [2.75, 3.05) is 19.6 Å². The van der Waals surface area contributed by atoms with Crippen LogP contribution in [0.3, 0.4) is 0 Å². The zero-order valence-electron chi connectivity index (χ0n) is 28.1. The zero-order valence-corrected chi connectivity index (χ0v) is 28.9. The summed E-state index contributed by atoms with van der Waals surface area (Å²) in [5, 5.41) is 26.4. The molecule has 4 amide bonds. The van der Waals surface area contributed by atoms with Crippen LogP contribution in [-0.2, 0) is 32.6 Å². The smallest absolute Gasteiger partial charge is 0.328 e. The maximum atomic E-state index is 14.0. The molecule has 3 aromatic rings. The van der Waals surface area contributed by atoms with E-state index in [1.165, 1.54) is 39.7 Å². The minimum absolute atomic E-state index is 0.00794. The second kappa shape index (κ2) is 16.6. The van der Waals surface area contributed by atoms with Gasteiger partial charge in [0.05, 0.1) is 35.5 Å². The topological polar surface area (TPSA) is 173 Å². The molecule has 1 saturated heterocycles. The van der Waals surface area contributed by atoms with Crippen LogP contribution in [0.2, 0.25) is 0 Å². The van der Waals surface area contributed by atoms with Crippen molar-refractivity contribution < 1.29 is 33.1 Å². The number of benzene rings is 2. The molecule has 3 N–H and O–H groups in total. The molecule has 0 radical (unpaired) electrons. The van der Waals surface area contributed by atoms with Crippen LogP contribution in [0.1, 0.15) is 44.5 Å². The second-order valence-corrected chi connectivity index (χ2v) is 14.7. The van der Waals surface area contributed by atoms with Crippen LogP contribution in [-0.4, -0.2) is 99.7 Å². The molecule has 4 rings (SSSR count). The first-order valence-corrected chi connectivity index (χ1v) is 17.6. The Morgan fingerprint density at radius 2 is 1.67 bits per heavy atom. The lowest BCUT2D eigenvalue weighted by atomic mass is 9.97. The highest BCUT2D eigenvalue weighted by molar-refractivity contribution is 7.89. The van der Waals surface area contributed by atoms with Crippen LogP contribution in [0.15, 0.2) is 89.0 Å². The number of nitrogens with one attached hydrogen (secondary N) is 1. The van der Waals surface area contributed by atoms with Gasteiger partial charge in [0.1, 0.15) is 12.6 Å². The van der Waals surface area contributed by atoms with Gasteiger partial charge >= 0.3 is 6.03 Å². The third-order valence-electron chi connectivity index (χ3n) is 8.14. The minimum Gasteiger partial charge on any atom is -0.411 e. The summed E-state index contributed by atoms with van der Waals surface area (Å²) in [7, 11) is -4.09. The summed E-state index contributed by atoms with van der Waals surface area (Å²) in [5.41, 5.74) is 1.82. The summed E-state index contributed by atoms with van der Waals surface area (Å²) in [6, 6.07) is 17.5. The number of carbonyl (C=O) groups excluding carboxylic acids is 3.